The van der Waals surface area contributed by atoms with E-state index < -0.39 is 0 Å². The van der Waals surface area contributed by atoms with Crippen molar-refractivity contribution in [3.05, 3.63) is 59.0 Å². The number of hydrogen-bond acceptors (Lipinski definition) is 4. The minimum absolute atomic E-state index is 0.00636. The van der Waals surface area contributed by atoms with E-state index in [1.165, 1.54) is 9.80 Å². The van der Waals surface area contributed by atoms with Crippen LogP contribution in [-0.4, -0.2) is 64.4 Å². The molecular weight excluding hydrogens is 380 g/mol. The van der Waals surface area contributed by atoms with E-state index in [4.69, 9.17) is 25.5 Å². The first kappa shape index (κ1) is 19.6. The average molecular weight is 407 g/mol. The smallest absolute Gasteiger partial charge is 0.261 e. The molecule has 0 amide bonds. The number of nitrogens with one attached hydrogen (secondary N) is 2. The van der Waals surface area contributed by atoms with Crippen molar-refractivity contribution in [1.29, 1.82) is 0 Å². The summed E-state index contributed by atoms with van der Waals surface area (Å²) in [4.78, 5) is 16.2. The third-order valence-electron chi connectivity index (χ3n) is 5.76. The number of carbonyl (C=O) groups excluding carboxylic acids is 1. The summed E-state index contributed by atoms with van der Waals surface area (Å²) in [5, 5.41) is 0.701. The lowest BCUT2D eigenvalue weighted by atomic mass is 9.91. The van der Waals surface area contributed by atoms with Crippen LogP contribution in [0.15, 0.2) is 47.1 Å². The van der Waals surface area contributed by atoms with Gasteiger partial charge in [-0.25, -0.2) is 0 Å². The predicted molar refractivity (Wildman–Crippen MR) is 104 cm³/mol. The molecule has 1 aromatic carbocycles. The van der Waals surface area contributed by atoms with E-state index >= 15 is 0 Å². The average Bonchev–Trinajstić information content (AvgIpc) is 3.29. The van der Waals surface area contributed by atoms with Crippen molar-refractivity contribution in [2.24, 2.45) is 0 Å². The molecule has 2 saturated heterocycles. The van der Waals surface area contributed by atoms with Gasteiger partial charge in [-0.3, -0.25) is 4.79 Å². The van der Waals surface area contributed by atoms with E-state index in [2.05, 4.69) is 12.1 Å². The van der Waals surface area contributed by atoms with Gasteiger partial charge in [-0.2, -0.15) is 0 Å². The largest absolute Gasteiger partial charge is 0.461 e. The Morgan fingerprint density at radius 3 is 2.07 bits per heavy atom. The van der Waals surface area contributed by atoms with Crippen molar-refractivity contribution in [1.82, 2.24) is 0 Å². The number of carbonyl (C=O) groups is 1. The van der Waals surface area contributed by atoms with Crippen molar-refractivity contribution in [2.75, 3.05) is 52.6 Å². The summed E-state index contributed by atoms with van der Waals surface area (Å²) in [5.41, 5.74) is 1.13. The number of rotatable bonds is 6. The summed E-state index contributed by atoms with van der Waals surface area (Å²) >= 11 is 6.14. The zero-order valence-corrected chi connectivity index (χ0v) is 16.6. The molecule has 1 aromatic heterocycles. The summed E-state index contributed by atoms with van der Waals surface area (Å²) in [6, 6.07) is 11.2. The Kier molecular flexibility index (Phi) is 6.44. The van der Waals surface area contributed by atoms with Crippen LogP contribution in [0.2, 0.25) is 5.02 Å². The Bertz CT molecular complexity index is 753. The molecule has 0 saturated carbocycles. The highest BCUT2D eigenvalue weighted by Crippen LogP contribution is 2.20. The molecule has 0 radical (unpaired) electrons. The van der Waals surface area contributed by atoms with Gasteiger partial charge in [0, 0.05) is 10.6 Å². The minimum Gasteiger partial charge on any atom is -0.461 e. The lowest BCUT2D eigenvalue weighted by Gasteiger charge is -2.39. The van der Waals surface area contributed by atoms with Crippen LogP contribution in [0.5, 0.6) is 0 Å². The van der Waals surface area contributed by atoms with Crippen LogP contribution < -0.4 is 9.80 Å². The lowest BCUT2D eigenvalue weighted by molar-refractivity contribution is -0.999. The number of furan rings is 1. The van der Waals surface area contributed by atoms with Crippen molar-refractivity contribution in [2.45, 2.75) is 12.1 Å². The fourth-order valence-electron chi connectivity index (χ4n) is 4.37. The van der Waals surface area contributed by atoms with E-state index in [1.807, 2.05) is 12.1 Å². The van der Waals surface area contributed by atoms with Crippen molar-refractivity contribution in [3.63, 3.8) is 0 Å². The number of benzene rings is 1. The van der Waals surface area contributed by atoms with E-state index in [0.717, 1.165) is 31.7 Å². The minimum atomic E-state index is -0.246. The van der Waals surface area contributed by atoms with Crippen LogP contribution in [-0.2, 0) is 9.47 Å². The second-order valence-corrected chi connectivity index (χ2v) is 7.83. The van der Waals surface area contributed by atoms with Gasteiger partial charge in [-0.15, -0.1) is 0 Å². The van der Waals surface area contributed by atoms with Gasteiger partial charge >= 0.3 is 0 Å². The van der Waals surface area contributed by atoms with Crippen LogP contribution in [0.4, 0.5) is 0 Å². The van der Waals surface area contributed by atoms with Crippen LogP contribution >= 0.6 is 11.6 Å². The molecule has 2 aromatic rings. The standard InChI is InChI=1S/C21H25ClN2O4/c22-17-5-3-16(4-6-17)19(23-7-12-26-13-8-23)20(24-9-14-27-15-10-24)21(25)18-2-1-11-28-18/h1-6,11,19-20H,7-10,12-15H2/p+2/t19-,20-/m1/s1. The Morgan fingerprint density at radius 2 is 1.50 bits per heavy atom. The molecule has 2 aliphatic heterocycles. The lowest BCUT2D eigenvalue weighted by Crippen LogP contribution is -3.25. The van der Waals surface area contributed by atoms with Crippen LogP contribution in [0.1, 0.15) is 22.2 Å². The number of hydrogen-bond donors (Lipinski definition) is 2. The molecule has 2 aliphatic rings. The second kappa shape index (κ2) is 9.20. The van der Waals surface area contributed by atoms with Gasteiger partial charge in [0.1, 0.15) is 26.2 Å². The summed E-state index contributed by atoms with van der Waals surface area (Å²) in [6.45, 7) is 6.12. The SMILES string of the molecule is O=C(c1ccco1)[C@@H]([C@@H](c1ccc(Cl)cc1)[NH+]1CCOCC1)[NH+]1CCOCC1. The van der Waals surface area contributed by atoms with Crippen LogP contribution in [0.3, 0.4) is 0 Å². The molecule has 7 heteroatoms. The highest BCUT2D eigenvalue weighted by molar-refractivity contribution is 6.30. The predicted octanol–water partition coefficient (Wildman–Crippen LogP) is 0.0558. The fourth-order valence-corrected chi connectivity index (χ4v) is 4.49. The molecule has 4 rings (SSSR count). The zero-order valence-electron chi connectivity index (χ0n) is 15.9. The zero-order chi connectivity index (χ0) is 19.3. The Labute approximate surface area is 169 Å². The number of quaternary nitrogens is 2. The molecule has 0 aliphatic carbocycles. The van der Waals surface area contributed by atoms with E-state index in [9.17, 15) is 4.79 Å². The maximum absolute atomic E-state index is 13.6. The van der Waals surface area contributed by atoms with Gasteiger partial charge in [-0.1, -0.05) is 23.7 Å². The van der Waals surface area contributed by atoms with E-state index in [-0.39, 0.29) is 17.9 Å². The van der Waals surface area contributed by atoms with Gasteiger partial charge in [0.05, 0.1) is 32.7 Å². The Hall–Kier alpha value is -1.70. The van der Waals surface area contributed by atoms with Gasteiger partial charge in [0.15, 0.2) is 11.8 Å². The Morgan fingerprint density at radius 1 is 0.893 bits per heavy atom. The van der Waals surface area contributed by atoms with Crippen molar-refractivity contribution >= 4 is 17.4 Å². The number of Topliss-reactive ketones (excluding diaryl/α,β-unsaturated/α-hetero) is 1. The molecule has 2 atom stereocenters. The molecule has 3 heterocycles. The number of morpholine rings is 2. The van der Waals surface area contributed by atoms with E-state index in [1.54, 1.807) is 18.4 Å². The maximum atomic E-state index is 13.6. The summed E-state index contributed by atoms with van der Waals surface area (Å²) in [6.07, 6.45) is 1.57. The van der Waals surface area contributed by atoms with Crippen molar-refractivity contribution in [3.8, 4) is 0 Å². The third kappa shape index (κ3) is 4.31. The Balaban J connectivity index is 1.74. The molecule has 0 unspecified atom stereocenters. The molecule has 0 spiro atoms. The van der Waals surface area contributed by atoms with Gasteiger partial charge in [0.25, 0.3) is 5.78 Å². The first-order valence-corrected chi connectivity index (χ1v) is 10.3. The van der Waals surface area contributed by atoms with Gasteiger partial charge < -0.3 is 23.7 Å². The number of halogens is 1. The molecule has 150 valence electrons. The molecule has 6 nitrogen and oxygen atoms in total. The van der Waals surface area contributed by atoms with Gasteiger partial charge in [0.2, 0.25) is 6.04 Å². The number of ketones is 1. The highest BCUT2D eigenvalue weighted by atomic mass is 35.5. The van der Waals surface area contributed by atoms with E-state index in [0.29, 0.717) is 37.2 Å². The van der Waals surface area contributed by atoms with Gasteiger partial charge in [-0.05, 0) is 24.3 Å². The fraction of sp³-hybridized carbons (Fsp3) is 0.476. The quantitative estimate of drug-likeness (QED) is 0.666. The molecule has 2 fully saturated rings. The normalized spacial score (nSPS) is 21.3. The molecule has 28 heavy (non-hydrogen) atoms. The number of ether oxygens (including phenoxy) is 2. The summed E-state index contributed by atoms with van der Waals surface area (Å²) < 4.78 is 16.7. The molecule has 0 bridgehead atoms. The first-order valence-electron chi connectivity index (χ1n) is 9.92. The summed E-state index contributed by atoms with van der Waals surface area (Å²) in [5.74, 6) is 0.483. The second-order valence-electron chi connectivity index (χ2n) is 7.39. The van der Waals surface area contributed by atoms with Crippen LogP contribution in [0.25, 0.3) is 0 Å². The maximum Gasteiger partial charge on any atom is 0.261 e. The third-order valence-corrected chi connectivity index (χ3v) is 6.01. The topological polar surface area (TPSA) is 57.5 Å². The monoisotopic (exact) mass is 406 g/mol. The molecular formula is C21H27ClN2O4+2. The highest BCUT2D eigenvalue weighted by Gasteiger charge is 2.46. The van der Waals surface area contributed by atoms with Crippen molar-refractivity contribution < 1.29 is 28.5 Å². The summed E-state index contributed by atoms with van der Waals surface area (Å²) in [7, 11) is 0. The van der Waals surface area contributed by atoms with Crippen LogP contribution in [0, 0.1) is 0 Å². The molecule has 2 N–H and O–H groups in total. The first-order chi connectivity index (χ1) is 13.7.